The summed E-state index contributed by atoms with van der Waals surface area (Å²) in [5, 5.41) is 6.05. The molecule has 0 aromatic rings. The lowest BCUT2D eigenvalue weighted by atomic mass is 10.2. The van der Waals surface area contributed by atoms with E-state index in [0.29, 0.717) is 12.3 Å². The van der Waals surface area contributed by atoms with Crippen LogP contribution in [0.5, 0.6) is 0 Å². The second-order valence-corrected chi connectivity index (χ2v) is 1.83. The van der Waals surface area contributed by atoms with Gasteiger partial charge in [0.2, 0.25) is 0 Å². The molecule has 0 aromatic carbocycles. The smallest absolute Gasteiger partial charge is 0.128 e. The molecule has 0 aliphatic rings. The third-order valence-electron chi connectivity index (χ3n) is 0.661. The molecule has 0 aliphatic carbocycles. The van der Waals surface area contributed by atoms with E-state index in [0.717, 1.165) is 5.57 Å². The molecule has 0 amide bonds. The minimum atomic E-state index is 0.331. The average molecular weight is 126 g/mol. The van der Waals surface area contributed by atoms with Crippen molar-refractivity contribution in [3.05, 3.63) is 12.2 Å². The molecule has 0 rings (SSSR count). The highest BCUT2D eigenvalue weighted by Crippen LogP contribution is 1.93. The Morgan fingerprint density at radius 2 is 2.33 bits per heavy atom. The summed E-state index contributed by atoms with van der Waals surface area (Å²) in [4.78, 5) is 0. The maximum absolute atomic E-state index is 6.31. The van der Waals surface area contributed by atoms with Gasteiger partial charge >= 0.3 is 0 Å². The molecule has 0 aromatic heterocycles. The number of amidine groups is 1. The number of hydrogen-bond donors (Lipinski definition) is 2. The highest BCUT2D eigenvalue weighted by molar-refractivity contribution is 5.82. The van der Waals surface area contributed by atoms with Crippen molar-refractivity contribution in [2.24, 2.45) is 16.1 Å². The Bertz CT molecular complexity index is 147. The van der Waals surface area contributed by atoms with Gasteiger partial charge in [-0.3, -0.25) is 0 Å². The number of nitrogens with two attached hydrogens (primary N) is 1. The molecule has 3 N–H and O–H groups in total. The van der Waals surface area contributed by atoms with Crippen molar-refractivity contribution in [2.45, 2.75) is 13.3 Å². The van der Waals surface area contributed by atoms with Gasteiger partial charge in [0.05, 0.1) is 0 Å². The van der Waals surface area contributed by atoms with Crippen LogP contribution in [0.15, 0.2) is 22.5 Å². The summed E-state index contributed by atoms with van der Waals surface area (Å²) < 4.78 is 0. The fraction of sp³-hybridized carbons (Fsp3) is 0.400. The Morgan fingerprint density at radius 1 is 1.78 bits per heavy atom. The van der Waals surface area contributed by atoms with Crippen molar-refractivity contribution in [3.8, 4) is 0 Å². The van der Waals surface area contributed by atoms with Crippen LogP contribution in [0.3, 0.4) is 0 Å². The molecule has 0 atom stereocenters. The molecular formula is C5H10N4. The van der Waals surface area contributed by atoms with Gasteiger partial charge in [0.1, 0.15) is 5.84 Å². The number of nitrogens with zero attached hydrogens (tertiary/aromatic N) is 2. The van der Waals surface area contributed by atoms with Gasteiger partial charge in [0.15, 0.2) is 0 Å². The quantitative estimate of drug-likeness (QED) is 0.193. The Kier molecular flexibility index (Phi) is 3.27. The number of nitrogens with one attached hydrogen (secondary N) is 1. The molecule has 0 aliphatic heterocycles. The molecule has 0 radical (unpaired) electrons. The van der Waals surface area contributed by atoms with Crippen LogP contribution in [-0.2, 0) is 0 Å². The van der Waals surface area contributed by atoms with E-state index in [9.17, 15) is 0 Å². The number of hydrogen-bond acceptors (Lipinski definition) is 2. The van der Waals surface area contributed by atoms with Crippen LogP contribution in [0.4, 0.5) is 0 Å². The SMILES string of the molecule is C=C(C)C/C(N)=N/N=N. The van der Waals surface area contributed by atoms with E-state index in [4.69, 9.17) is 11.3 Å². The van der Waals surface area contributed by atoms with Gasteiger partial charge in [0.25, 0.3) is 0 Å². The summed E-state index contributed by atoms with van der Waals surface area (Å²) in [6.45, 7) is 5.45. The van der Waals surface area contributed by atoms with E-state index >= 15 is 0 Å². The Morgan fingerprint density at radius 3 is 2.67 bits per heavy atom. The first-order valence-electron chi connectivity index (χ1n) is 2.50. The largest absolute Gasteiger partial charge is 0.385 e. The minimum absolute atomic E-state index is 0.331. The van der Waals surface area contributed by atoms with E-state index < -0.39 is 0 Å². The van der Waals surface area contributed by atoms with Crippen molar-refractivity contribution < 1.29 is 0 Å². The molecule has 0 saturated heterocycles. The van der Waals surface area contributed by atoms with Crippen LogP contribution in [0.25, 0.3) is 0 Å². The van der Waals surface area contributed by atoms with E-state index in [1.807, 2.05) is 6.92 Å². The van der Waals surface area contributed by atoms with Gasteiger partial charge in [-0.05, 0) is 6.92 Å². The van der Waals surface area contributed by atoms with Gasteiger partial charge in [-0.25, -0.2) is 0 Å². The Balaban J connectivity index is 3.75. The third kappa shape index (κ3) is 4.67. The molecule has 4 heteroatoms. The first-order valence-corrected chi connectivity index (χ1v) is 2.50. The van der Waals surface area contributed by atoms with Crippen molar-refractivity contribution in [2.75, 3.05) is 0 Å². The van der Waals surface area contributed by atoms with Crippen LogP contribution >= 0.6 is 0 Å². The second kappa shape index (κ2) is 3.77. The van der Waals surface area contributed by atoms with Gasteiger partial charge in [0, 0.05) is 6.42 Å². The monoisotopic (exact) mass is 126 g/mol. The average Bonchev–Trinajstić information content (AvgIpc) is 1.63. The molecular weight excluding hydrogens is 116 g/mol. The molecule has 0 spiro atoms. The predicted molar refractivity (Wildman–Crippen MR) is 36.2 cm³/mol. The molecule has 0 bridgehead atoms. The zero-order valence-corrected chi connectivity index (χ0v) is 5.39. The molecule has 50 valence electrons. The topological polar surface area (TPSA) is 74.6 Å². The zero-order chi connectivity index (χ0) is 7.28. The summed E-state index contributed by atoms with van der Waals surface area (Å²) in [5.74, 6) is 0.331. The Labute approximate surface area is 54.0 Å². The van der Waals surface area contributed by atoms with Crippen LogP contribution in [-0.4, -0.2) is 5.84 Å². The van der Waals surface area contributed by atoms with E-state index in [2.05, 4.69) is 16.9 Å². The zero-order valence-electron chi connectivity index (χ0n) is 5.39. The van der Waals surface area contributed by atoms with Crippen molar-refractivity contribution in [1.29, 1.82) is 5.53 Å². The summed E-state index contributed by atoms with van der Waals surface area (Å²) in [7, 11) is 0. The highest BCUT2D eigenvalue weighted by atomic mass is 15.3. The normalized spacial score (nSPS) is 11.0. The lowest BCUT2D eigenvalue weighted by Gasteiger charge is -1.93. The molecule has 0 saturated carbocycles. The van der Waals surface area contributed by atoms with E-state index in [-0.39, 0.29) is 0 Å². The second-order valence-electron chi connectivity index (χ2n) is 1.83. The predicted octanol–water partition coefficient (Wildman–Crippen LogP) is 1.26. The fourth-order valence-electron chi connectivity index (χ4n) is 0.409. The fourth-order valence-corrected chi connectivity index (χ4v) is 0.409. The van der Waals surface area contributed by atoms with E-state index in [1.54, 1.807) is 0 Å². The molecule has 0 fully saturated rings. The number of rotatable bonds is 3. The molecule has 0 unspecified atom stereocenters. The highest BCUT2D eigenvalue weighted by Gasteiger charge is 1.90. The van der Waals surface area contributed by atoms with Gasteiger partial charge in [-0.2, -0.15) is 5.53 Å². The standard InChI is InChI=1S/C5H10N4/c1-4(2)3-5(6)8-9-7/h1,3H2,2H3,(H3,6,7,8). The molecule has 9 heavy (non-hydrogen) atoms. The maximum atomic E-state index is 6.31. The summed E-state index contributed by atoms with van der Waals surface area (Å²) in [6, 6.07) is 0. The van der Waals surface area contributed by atoms with Crippen LogP contribution in [0.2, 0.25) is 0 Å². The molecule has 0 heterocycles. The molecule has 4 nitrogen and oxygen atoms in total. The van der Waals surface area contributed by atoms with Crippen molar-refractivity contribution >= 4 is 5.84 Å². The van der Waals surface area contributed by atoms with Gasteiger partial charge < -0.3 is 5.73 Å². The maximum Gasteiger partial charge on any atom is 0.128 e. The van der Waals surface area contributed by atoms with Crippen molar-refractivity contribution in [1.82, 2.24) is 0 Å². The lowest BCUT2D eigenvalue weighted by Crippen LogP contribution is -2.10. The minimum Gasteiger partial charge on any atom is -0.385 e. The van der Waals surface area contributed by atoms with Crippen LogP contribution in [0, 0.1) is 5.53 Å². The lowest BCUT2D eigenvalue weighted by molar-refractivity contribution is 0.975. The first-order chi connectivity index (χ1) is 4.16. The summed E-state index contributed by atoms with van der Waals surface area (Å²) in [5.41, 5.74) is 12.5. The summed E-state index contributed by atoms with van der Waals surface area (Å²) >= 11 is 0. The van der Waals surface area contributed by atoms with Gasteiger partial charge in [-0.15, -0.1) is 5.10 Å². The summed E-state index contributed by atoms with van der Waals surface area (Å²) in [6.07, 6.45) is 0.516. The van der Waals surface area contributed by atoms with Gasteiger partial charge in [-0.1, -0.05) is 17.4 Å². The Hall–Kier alpha value is -1.19. The van der Waals surface area contributed by atoms with E-state index in [1.165, 1.54) is 0 Å². The van der Waals surface area contributed by atoms with Crippen molar-refractivity contribution in [3.63, 3.8) is 0 Å². The third-order valence-corrected chi connectivity index (χ3v) is 0.661. The van der Waals surface area contributed by atoms with Crippen LogP contribution in [0.1, 0.15) is 13.3 Å². The van der Waals surface area contributed by atoms with Crippen LogP contribution < -0.4 is 5.73 Å². The first kappa shape index (κ1) is 7.81.